The Morgan fingerprint density at radius 1 is 1.45 bits per heavy atom. The summed E-state index contributed by atoms with van der Waals surface area (Å²) in [5.74, 6) is 0.562. The minimum Gasteiger partial charge on any atom is -0.493 e. The van der Waals surface area contributed by atoms with Crippen LogP contribution in [0.4, 0.5) is 0 Å². The molecule has 1 atom stereocenters. The van der Waals surface area contributed by atoms with Crippen LogP contribution in [0.2, 0.25) is 0 Å². The van der Waals surface area contributed by atoms with E-state index >= 15 is 0 Å². The lowest BCUT2D eigenvalue weighted by Gasteiger charge is -2.32. The monoisotopic (exact) mass is 276 g/mol. The van der Waals surface area contributed by atoms with Gasteiger partial charge < -0.3 is 10.1 Å². The molecule has 1 amide bonds. The van der Waals surface area contributed by atoms with E-state index in [1.165, 1.54) is 0 Å². The summed E-state index contributed by atoms with van der Waals surface area (Å²) < 4.78 is 5.48. The first-order valence-corrected chi connectivity index (χ1v) is 6.90. The average Bonchev–Trinajstić information content (AvgIpc) is 2.45. The van der Waals surface area contributed by atoms with Gasteiger partial charge in [-0.05, 0) is 26.0 Å². The van der Waals surface area contributed by atoms with Crippen LogP contribution < -0.4 is 10.1 Å². The SMILES string of the molecule is CCOc1ccccc1C(=O)CN1CCNC(=O)C1C. The Morgan fingerprint density at radius 3 is 2.95 bits per heavy atom. The number of ether oxygens (including phenoxy) is 1. The number of Topliss-reactive ketones (excluding diaryl/α,β-unsaturated/α-hetero) is 1. The molecule has 0 spiro atoms. The third-order valence-corrected chi connectivity index (χ3v) is 3.46. The molecule has 0 aliphatic carbocycles. The second kappa shape index (κ2) is 6.52. The van der Waals surface area contributed by atoms with E-state index in [4.69, 9.17) is 4.74 Å². The molecule has 1 heterocycles. The van der Waals surface area contributed by atoms with Gasteiger partial charge in [-0.25, -0.2) is 0 Å². The minimum atomic E-state index is -0.271. The number of hydrogen-bond donors (Lipinski definition) is 1. The molecule has 1 N–H and O–H groups in total. The molecule has 1 unspecified atom stereocenters. The van der Waals surface area contributed by atoms with E-state index in [0.29, 0.717) is 31.0 Å². The number of carbonyl (C=O) groups excluding carboxylic acids is 2. The Kier molecular flexibility index (Phi) is 4.74. The molecule has 1 aliphatic heterocycles. The highest BCUT2D eigenvalue weighted by molar-refractivity contribution is 6.00. The number of para-hydroxylation sites is 1. The molecule has 1 saturated heterocycles. The van der Waals surface area contributed by atoms with Gasteiger partial charge >= 0.3 is 0 Å². The van der Waals surface area contributed by atoms with Crippen molar-refractivity contribution in [1.29, 1.82) is 0 Å². The maximum absolute atomic E-state index is 12.4. The van der Waals surface area contributed by atoms with Crippen molar-refractivity contribution in [2.75, 3.05) is 26.2 Å². The normalized spacial score (nSPS) is 19.5. The van der Waals surface area contributed by atoms with Crippen LogP contribution in [0.3, 0.4) is 0 Å². The van der Waals surface area contributed by atoms with Gasteiger partial charge in [-0.2, -0.15) is 0 Å². The number of carbonyl (C=O) groups is 2. The van der Waals surface area contributed by atoms with Crippen molar-refractivity contribution in [1.82, 2.24) is 10.2 Å². The zero-order valence-corrected chi connectivity index (χ0v) is 11.9. The molecule has 0 radical (unpaired) electrons. The van der Waals surface area contributed by atoms with Crippen molar-refractivity contribution in [3.63, 3.8) is 0 Å². The largest absolute Gasteiger partial charge is 0.493 e. The number of ketones is 1. The van der Waals surface area contributed by atoms with E-state index in [9.17, 15) is 9.59 Å². The van der Waals surface area contributed by atoms with Gasteiger partial charge in [0, 0.05) is 13.1 Å². The van der Waals surface area contributed by atoms with Gasteiger partial charge in [-0.3, -0.25) is 14.5 Å². The van der Waals surface area contributed by atoms with Gasteiger partial charge in [0.15, 0.2) is 5.78 Å². The first kappa shape index (κ1) is 14.5. The fourth-order valence-electron chi connectivity index (χ4n) is 2.29. The number of benzene rings is 1. The number of rotatable bonds is 5. The predicted molar refractivity (Wildman–Crippen MR) is 76.0 cm³/mol. The molecule has 0 aromatic heterocycles. The first-order valence-electron chi connectivity index (χ1n) is 6.90. The lowest BCUT2D eigenvalue weighted by molar-refractivity contribution is -0.127. The van der Waals surface area contributed by atoms with Crippen molar-refractivity contribution in [3.8, 4) is 5.75 Å². The molecule has 1 aromatic carbocycles. The molecule has 1 aromatic rings. The number of nitrogens with zero attached hydrogens (tertiary/aromatic N) is 1. The molecule has 5 heteroatoms. The summed E-state index contributed by atoms with van der Waals surface area (Å²) in [6.45, 7) is 5.74. The number of hydrogen-bond acceptors (Lipinski definition) is 4. The lowest BCUT2D eigenvalue weighted by atomic mass is 10.1. The average molecular weight is 276 g/mol. The zero-order chi connectivity index (χ0) is 14.5. The van der Waals surface area contributed by atoms with Crippen LogP contribution in [0.1, 0.15) is 24.2 Å². The summed E-state index contributed by atoms with van der Waals surface area (Å²) in [5, 5.41) is 2.79. The summed E-state index contributed by atoms with van der Waals surface area (Å²) in [4.78, 5) is 25.9. The summed E-state index contributed by atoms with van der Waals surface area (Å²) in [7, 11) is 0. The van der Waals surface area contributed by atoms with Gasteiger partial charge in [-0.15, -0.1) is 0 Å². The highest BCUT2D eigenvalue weighted by atomic mass is 16.5. The lowest BCUT2D eigenvalue weighted by Crippen LogP contribution is -2.55. The van der Waals surface area contributed by atoms with Crippen molar-refractivity contribution in [2.24, 2.45) is 0 Å². The third-order valence-electron chi connectivity index (χ3n) is 3.46. The topological polar surface area (TPSA) is 58.6 Å². The molecular weight excluding hydrogens is 256 g/mol. The van der Waals surface area contributed by atoms with Crippen LogP contribution in [-0.2, 0) is 4.79 Å². The Balaban J connectivity index is 2.10. The molecule has 20 heavy (non-hydrogen) atoms. The van der Waals surface area contributed by atoms with Gasteiger partial charge in [0.1, 0.15) is 5.75 Å². The summed E-state index contributed by atoms with van der Waals surface area (Å²) in [6, 6.07) is 6.96. The van der Waals surface area contributed by atoms with Gasteiger partial charge in [0.25, 0.3) is 0 Å². The van der Waals surface area contributed by atoms with E-state index in [2.05, 4.69) is 5.32 Å². The fourth-order valence-corrected chi connectivity index (χ4v) is 2.29. The second-order valence-electron chi connectivity index (χ2n) is 4.79. The van der Waals surface area contributed by atoms with Crippen LogP contribution in [0.25, 0.3) is 0 Å². The van der Waals surface area contributed by atoms with Gasteiger partial charge in [0.2, 0.25) is 5.91 Å². The quantitative estimate of drug-likeness (QED) is 0.818. The Bertz CT molecular complexity index is 502. The van der Waals surface area contributed by atoms with E-state index in [1.54, 1.807) is 12.1 Å². The van der Waals surface area contributed by atoms with Gasteiger partial charge in [-0.1, -0.05) is 12.1 Å². The maximum Gasteiger partial charge on any atom is 0.237 e. The number of piperazine rings is 1. The van der Waals surface area contributed by atoms with E-state index in [-0.39, 0.29) is 24.3 Å². The summed E-state index contributed by atoms with van der Waals surface area (Å²) in [6.07, 6.45) is 0. The molecule has 0 bridgehead atoms. The van der Waals surface area contributed by atoms with E-state index in [0.717, 1.165) is 0 Å². The molecular formula is C15H20N2O3. The Labute approximate surface area is 118 Å². The Morgan fingerprint density at radius 2 is 2.20 bits per heavy atom. The van der Waals surface area contributed by atoms with Crippen molar-refractivity contribution >= 4 is 11.7 Å². The van der Waals surface area contributed by atoms with Crippen molar-refractivity contribution in [3.05, 3.63) is 29.8 Å². The van der Waals surface area contributed by atoms with Gasteiger partial charge in [0.05, 0.1) is 24.8 Å². The predicted octanol–water partition coefficient (Wildman–Crippen LogP) is 1.09. The van der Waals surface area contributed by atoms with Crippen LogP contribution >= 0.6 is 0 Å². The van der Waals surface area contributed by atoms with E-state index in [1.807, 2.05) is 30.9 Å². The third kappa shape index (κ3) is 3.17. The maximum atomic E-state index is 12.4. The van der Waals surface area contributed by atoms with Crippen LogP contribution in [0.5, 0.6) is 5.75 Å². The fraction of sp³-hybridized carbons (Fsp3) is 0.467. The zero-order valence-electron chi connectivity index (χ0n) is 11.9. The molecule has 5 nitrogen and oxygen atoms in total. The molecule has 1 aliphatic rings. The molecule has 1 fully saturated rings. The number of nitrogens with one attached hydrogen (secondary N) is 1. The standard InChI is InChI=1S/C15H20N2O3/c1-3-20-14-7-5-4-6-12(14)13(18)10-17-9-8-16-15(19)11(17)2/h4-7,11H,3,8-10H2,1-2H3,(H,16,19). The molecule has 0 saturated carbocycles. The van der Waals surface area contributed by atoms with Crippen molar-refractivity contribution in [2.45, 2.75) is 19.9 Å². The number of amides is 1. The minimum absolute atomic E-state index is 0.0180. The first-order chi connectivity index (χ1) is 9.63. The smallest absolute Gasteiger partial charge is 0.237 e. The second-order valence-corrected chi connectivity index (χ2v) is 4.79. The molecule has 2 rings (SSSR count). The highest BCUT2D eigenvalue weighted by Crippen LogP contribution is 2.19. The summed E-state index contributed by atoms with van der Waals surface area (Å²) in [5.41, 5.74) is 0.576. The van der Waals surface area contributed by atoms with Crippen LogP contribution in [0, 0.1) is 0 Å². The molecule has 108 valence electrons. The van der Waals surface area contributed by atoms with Crippen LogP contribution in [-0.4, -0.2) is 48.9 Å². The Hall–Kier alpha value is -1.88. The van der Waals surface area contributed by atoms with Crippen LogP contribution in [0.15, 0.2) is 24.3 Å². The summed E-state index contributed by atoms with van der Waals surface area (Å²) >= 11 is 0. The van der Waals surface area contributed by atoms with E-state index < -0.39 is 0 Å². The highest BCUT2D eigenvalue weighted by Gasteiger charge is 2.27. The van der Waals surface area contributed by atoms with Crippen molar-refractivity contribution < 1.29 is 14.3 Å².